The lowest BCUT2D eigenvalue weighted by atomic mass is 10.2. The van der Waals surface area contributed by atoms with Gasteiger partial charge in [-0.25, -0.2) is 9.37 Å². The number of hydrogen-bond acceptors (Lipinski definition) is 4. The highest BCUT2D eigenvalue weighted by Crippen LogP contribution is 2.26. The van der Waals surface area contributed by atoms with Crippen LogP contribution in [0.15, 0.2) is 39.1 Å². The van der Waals surface area contributed by atoms with Gasteiger partial charge in [-0.15, -0.1) is 0 Å². The van der Waals surface area contributed by atoms with Crippen molar-refractivity contribution in [2.75, 3.05) is 7.05 Å². The molecule has 1 aromatic carbocycles. The fourth-order valence-corrected chi connectivity index (χ4v) is 2.93. The van der Waals surface area contributed by atoms with Crippen LogP contribution < -0.4 is 10.9 Å². The fraction of sp³-hybridized carbons (Fsp3) is 0.333. The molecule has 0 amide bonds. The van der Waals surface area contributed by atoms with Gasteiger partial charge in [-0.05, 0) is 37.2 Å². The number of halogens is 1. The summed E-state index contributed by atoms with van der Waals surface area (Å²) in [5.41, 5.74) is 1.44. The SMILES string of the molecule is CCCc1cc(=O)[nH]c(Sc2cc(F)cc(CNC)c2)n1. The molecule has 0 saturated heterocycles. The van der Waals surface area contributed by atoms with Gasteiger partial charge >= 0.3 is 0 Å². The number of rotatable bonds is 6. The Kier molecular flexibility index (Phi) is 5.52. The van der Waals surface area contributed by atoms with E-state index in [1.807, 2.05) is 20.0 Å². The molecule has 0 fully saturated rings. The van der Waals surface area contributed by atoms with Crippen LogP contribution in [0.1, 0.15) is 24.6 Å². The van der Waals surface area contributed by atoms with Gasteiger partial charge in [0.05, 0.1) is 0 Å². The molecule has 0 aliphatic rings. The average molecular weight is 307 g/mol. The van der Waals surface area contributed by atoms with Gasteiger partial charge in [0.2, 0.25) is 0 Å². The van der Waals surface area contributed by atoms with Gasteiger partial charge in [0.1, 0.15) is 5.82 Å². The molecule has 0 radical (unpaired) electrons. The lowest BCUT2D eigenvalue weighted by molar-refractivity contribution is 0.619. The van der Waals surface area contributed by atoms with Crippen LogP contribution in [0.3, 0.4) is 0 Å². The molecule has 0 aliphatic carbocycles. The Hall–Kier alpha value is -1.66. The first-order chi connectivity index (χ1) is 10.1. The van der Waals surface area contributed by atoms with Crippen LogP contribution in [0.25, 0.3) is 0 Å². The molecule has 1 heterocycles. The van der Waals surface area contributed by atoms with Crippen LogP contribution >= 0.6 is 11.8 Å². The summed E-state index contributed by atoms with van der Waals surface area (Å²) in [5.74, 6) is -0.294. The highest BCUT2D eigenvalue weighted by molar-refractivity contribution is 7.99. The molecular formula is C15H18FN3OS. The molecule has 2 rings (SSSR count). The predicted molar refractivity (Wildman–Crippen MR) is 82.1 cm³/mol. The van der Waals surface area contributed by atoms with Crippen molar-refractivity contribution in [3.05, 3.63) is 51.7 Å². The van der Waals surface area contributed by atoms with Crippen molar-refractivity contribution in [1.82, 2.24) is 15.3 Å². The third-order valence-corrected chi connectivity index (χ3v) is 3.66. The maximum absolute atomic E-state index is 13.6. The summed E-state index contributed by atoms with van der Waals surface area (Å²) in [4.78, 5) is 19.4. The quantitative estimate of drug-likeness (QED) is 0.806. The van der Waals surface area contributed by atoms with Gasteiger partial charge in [-0.3, -0.25) is 4.79 Å². The number of benzene rings is 1. The molecule has 0 saturated carbocycles. The van der Waals surface area contributed by atoms with Gasteiger partial charge in [0.25, 0.3) is 5.56 Å². The Morgan fingerprint density at radius 1 is 1.33 bits per heavy atom. The van der Waals surface area contributed by atoms with E-state index in [1.165, 1.54) is 30.0 Å². The van der Waals surface area contributed by atoms with Crippen LogP contribution in [-0.4, -0.2) is 17.0 Å². The minimum Gasteiger partial charge on any atom is -0.316 e. The standard InChI is InChI=1S/C15H18FN3OS/c1-3-4-12-8-14(20)19-15(18-12)21-13-6-10(9-17-2)5-11(16)7-13/h5-8,17H,3-4,9H2,1-2H3,(H,18,19,20). The molecule has 6 heteroatoms. The molecule has 0 aliphatic heterocycles. The Morgan fingerprint density at radius 3 is 2.86 bits per heavy atom. The van der Waals surface area contributed by atoms with E-state index < -0.39 is 0 Å². The summed E-state index contributed by atoms with van der Waals surface area (Å²) in [6.07, 6.45) is 1.68. The second-order valence-corrected chi connectivity index (χ2v) is 5.78. The van der Waals surface area contributed by atoms with Crippen LogP contribution in [0.2, 0.25) is 0 Å². The molecule has 4 nitrogen and oxygen atoms in total. The number of nitrogens with zero attached hydrogens (tertiary/aromatic N) is 1. The Labute approximate surface area is 127 Å². The van der Waals surface area contributed by atoms with Gasteiger partial charge < -0.3 is 10.3 Å². The van der Waals surface area contributed by atoms with Crippen molar-refractivity contribution in [3.8, 4) is 0 Å². The van der Waals surface area contributed by atoms with Crippen molar-refractivity contribution in [1.29, 1.82) is 0 Å². The Bertz CT molecular complexity index is 672. The summed E-state index contributed by atoms with van der Waals surface area (Å²) in [6, 6.07) is 6.32. The molecule has 0 bridgehead atoms. The lowest BCUT2D eigenvalue weighted by Gasteiger charge is -2.06. The fourth-order valence-electron chi connectivity index (χ4n) is 2.01. The third-order valence-electron chi connectivity index (χ3n) is 2.81. The zero-order chi connectivity index (χ0) is 15.2. The first-order valence-corrected chi connectivity index (χ1v) is 7.64. The second-order valence-electron chi connectivity index (χ2n) is 4.72. The Balaban J connectivity index is 2.27. The summed E-state index contributed by atoms with van der Waals surface area (Å²) in [5, 5.41) is 3.48. The van der Waals surface area contributed by atoms with E-state index >= 15 is 0 Å². The van der Waals surface area contributed by atoms with Gasteiger partial charge in [0, 0.05) is 23.2 Å². The number of H-pyrrole nitrogens is 1. The normalized spacial score (nSPS) is 10.8. The summed E-state index contributed by atoms with van der Waals surface area (Å²) in [6.45, 7) is 2.62. The molecule has 1 aromatic heterocycles. The van der Waals surface area contributed by atoms with Crippen molar-refractivity contribution in [2.45, 2.75) is 36.4 Å². The van der Waals surface area contributed by atoms with Crippen LogP contribution in [0.5, 0.6) is 0 Å². The van der Waals surface area contributed by atoms with Gasteiger partial charge in [-0.1, -0.05) is 25.1 Å². The van der Waals surface area contributed by atoms with Crippen molar-refractivity contribution < 1.29 is 4.39 Å². The van der Waals surface area contributed by atoms with Crippen molar-refractivity contribution in [2.24, 2.45) is 0 Å². The van der Waals surface area contributed by atoms with E-state index in [0.717, 1.165) is 29.0 Å². The van der Waals surface area contributed by atoms with Crippen molar-refractivity contribution >= 4 is 11.8 Å². The van der Waals surface area contributed by atoms with E-state index in [9.17, 15) is 9.18 Å². The number of aromatic amines is 1. The third kappa shape index (κ3) is 4.68. The van der Waals surface area contributed by atoms with Crippen LogP contribution in [0, 0.1) is 5.82 Å². The molecule has 2 N–H and O–H groups in total. The maximum Gasteiger partial charge on any atom is 0.251 e. The smallest absolute Gasteiger partial charge is 0.251 e. The highest BCUT2D eigenvalue weighted by Gasteiger charge is 2.06. The highest BCUT2D eigenvalue weighted by atomic mass is 32.2. The van der Waals surface area contributed by atoms with Crippen LogP contribution in [-0.2, 0) is 13.0 Å². The summed E-state index contributed by atoms with van der Waals surface area (Å²) < 4.78 is 13.6. The number of aryl methyl sites for hydroxylation is 1. The van der Waals surface area contributed by atoms with E-state index in [4.69, 9.17) is 0 Å². The summed E-state index contributed by atoms with van der Waals surface area (Å²) >= 11 is 1.26. The van der Waals surface area contributed by atoms with Crippen LogP contribution in [0.4, 0.5) is 4.39 Å². The van der Waals surface area contributed by atoms with E-state index in [0.29, 0.717) is 11.7 Å². The minimum absolute atomic E-state index is 0.178. The Morgan fingerprint density at radius 2 is 2.14 bits per heavy atom. The van der Waals surface area contributed by atoms with Crippen molar-refractivity contribution in [3.63, 3.8) is 0 Å². The molecule has 2 aromatic rings. The van der Waals surface area contributed by atoms with E-state index in [-0.39, 0.29) is 11.4 Å². The topological polar surface area (TPSA) is 57.8 Å². The minimum atomic E-state index is -0.294. The van der Waals surface area contributed by atoms with Gasteiger partial charge in [-0.2, -0.15) is 0 Å². The predicted octanol–water partition coefficient (Wildman–Crippen LogP) is 2.73. The largest absolute Gasteiger partial charge is 0.316 e. The zero-order valence-corrected chi connectivity index (χ0v) is 12.9. The lowest BCUT2D eigenvalue weighted by Crippen LogP contribution is -2.10. The average Bonchev–Trinajstić information content (AvgIpc) is 2.37. The monoisotopic (exact) mass is 307 g/mol. The molecular weight excluding hydrogens is 289 g/mol. The first-order valence-electron chi connectivity index (χ1n) is 6.83. The molecule has 0 unspecified atom stereocenters. The maximum atomic E-state index is 13.6. The van der Waals surface area contributed by atoms with Gasteiger partial charge in [0.15, 0.2) is 5.16 Å². The van der Waals surface area contributed by atoms with E-state index in [2.05, 4.69) is 15.3 Å². The molecule has 0 spiro atoms. The zero-order valence-electron chi connectivity index (χ0n) is 12.1. The molecule has 0 atom stereocenters. The second kappa shape index (κ2) is 7.38. The number of hydrogen-bond donors (Lipinski definition) is 2. The summed E-state index contributed by atoms with van der Waals surface area (Å²) in [7, 11) is 1.81. The number of aromatic nitrogens is 2. The molecule has 21 heavy (non-hydrogen) atoms. The number of nitrogens with one attached hydrogen (secondary N) is 2. The first kappa shape index (κ1) is 15.7. The van der Waals surface area contributed by atoms with E-state index in [1.54, 1.807) is 0 Å². The molecule has 112 valence electrons.